The molecule has 0 radical (unpaired) electrons. The van der Waals surface area contributed by atoms with Gasteiger partial charge in [-0.25, -0.2) is 0 Å². The first-order chi connectivity index (χ1) is 10.2. The number of imidazole rings is 1. The van der Waals surface area contributed by atoms with Gasteiger partial charge in [0, 0.05) is 5.69 Å². The molecule has 0 saturated heterocycles. The lowest BCUT2D eigenvalue weighted by Crippen LogP contribution is -1.96. The quantitative estimate of drug-likeness (QED) is 0.702. The highest BCUT2D eigenvalue weighted by Crippen LogP contribution is 2.27. The molecule has 1 aromatic heterocycles. The Labute approximate surface area is 129 Å². The average Bonchev–Trinajstić information content (AvgIpc) is 2.83. The monoisotopic (exact) mass is 298 g/mol. The SMILES string of the molecule is CCCOc1cccc2c1[nH]c(=S)n2-c1ccc(C)cc1. The van der Waals surface area contributed by atoms with E-state index < -0.39 is 0 Å². The number of rotatable bonds is 4. The second kappa shape index (κ2) is 5.74. The van der Waals surface area contributed by atoms with E-state index in [1.165, 1.54) is 5.56 Å². The lowest BCUT2D eigenvalue weighted by atomic mass is 10.2. The second-order valence-electron chi connectivity index (χ2n) is 5.10. The summed E-state index contributed by atoms with van der Waals surface area (Å²) in [6.07, 6.45) is 0.982. The normalized spacial score (nSPS) is 11.0. The van der Waals surface area contributed by atoms with E-state index in [0.29, 0.717) is 11.4 Å². The molecule has 4 heteroatoms. The number of hydrogen-bond acceptors (Lipinski definition) is 2. The van der Waals surface area contributed by atoms with Crippen molar-refractivity contribution in [3.05, 3.63) is 52.8 Å². The molecule has 3 rings (SSSR count). The van der Waals surface area contributed by atoms with Crippen LogP contribution in [-0.2, 0) is 0 Å². The van der Waals surface area contributed by atoms with Crippen molar-refractivity contribution in [3.8, 4) is 11.4 Å². The fraction of sp³-hybridized carbons (Fsp3) is 0.235. The van der Waals surface area contributed by atoms with Gasteiger partial charge in [0.15, 0.2) is 4.77 Å². The van der Waals surface area contributed by atoms with Crippen LogP contribution in [0.5, 0.6) is 5.75 Å². The Morgan fingerprint density at radius 3 is 2.62 bits per heavy atom. The Morgan fingerprint density at radius 2 is 1.90 bits per heavy atom. The molecular weight excluding hydrogens is 280 g/mol. The second-order valence-corrected chi connectivity index (χ2v) is 5.49. The van der Waals surface area contributed by atoms with Gasteiger partial charge in [0.05, 0.1) is 12.1 Å². The van der Waals surface area contributed by atoms with E-state index >= 15 is 0 Å². The van der Waals surface area contributed by atoms with E-state index in [4.69, 9.17) is 17.0 Å². The summed E-state index contributed by atoms with van der Waals surface area (Å²) in [6.45, 7) is 4.88. The van der Waals surface area contributed by atoms with Crippen LogP contribution in [0.25, 0.3) is 16.7 Å². The molecule has 0 unspecified atom stereocenters. The van der Waals surface area contributed by atoms with Crippen LogP contribution < -0.4 is 4.74 Å². The van der Waals surface area contributed by atoms with Crippen LogP contribution in [-0.4, -0.2) is 16.2 Å². The zero-order chi connectivity index (χ0) is 14.8. The molecule has 1 N–H and O–H groups in total. The molecule has 0 aliphatic heterocycles. The lowest BCUT2D eigenvalue weighted by molar-refractivity contribution is 0.320. The molecule has 0 amide bonds. The van der Waals surface area contributed by atoms with Gasteiger partial charge in [-0.15, -0.1) is 0 Å². The zero-order valence-corrected chi connectivity index (χ0v) is 13.0. The third-order valence-electron chi connectivity index (χ3n) is 3.43. The van der Waals surface area contributed by atoms with Crippen LogP contribution in [0.2, 0.25) is 0 Å². The van der Waals surface area contributed by atoms with Crippen LogP contribution >= 0.6 is 12.2 Å². The molecule has 0 aliphatic carbocycles. The summed E-state index contributed by atoms with van der Waals surface area (Å²) in [4.78, 5) is 3.27. The Bertz CT molecular complexity index is 815. The largest absolute Gasteiger partial charge is 0.491 e. The Hall–Kier alpha value is -2.07. The van der Waals surface area contributed by atoms with E-state index in [1.54, 1.807) is 0 Å². The van der Waals surface area contributed by atoms with Crippen LogP contribution in [0, 0.1) is 11.7 Å². The maximum atomic E-state index is 5.80. The van der Waals surface area contributed by atoms with Crippen molar-refractivity contribution >= 4 is 23.3 Å². The third kappa shape index (κ3) is 2.59. The van der Waals surface area contributed by atoms with Crippen LogP contribution in [0.15, 0.2) is 42.5 Å². The number of para-hydroxylation sites is 1. The van der Waals surface area contributed by atoms with Gasteiger partial charge >= 0.3 is 0 Å². The summed E-state index contributed by atoms with van der Waals surface area (Å²) in [5.74, 6) is 0.853. The topological polar surface area (TPSA) is 29.9 Å². The summed E-state index contributed by atoms with van der Waals surface area (Å²) in [5.41, 5.74) is 4.29. The first kappa shape index (κ1) is 13.9. The van der Waals surface area contributed by atoms with Crippen LogP contribution in [0.1, 0.15) is 18.9 Å². The molecule has 0 spiro atoms. The summed E-state index contributed by atoms with van der Waals surface area (Å²) < 4.78 is 8.53. The predicted octanol–water partition coefficient (Wildman–Crippen LogP) is 4.79. The molecule has 0 atom stereocenters. The highest BCUT2D eigenvalue weighted by atomic mass is 32.1. The van der Waals surface area contributed by atoms with Crippen molar-refractivity contribution in [3.63, 3.8) is 0 Å². The fourth-order valence-electron chi connectivity index (χ4n) is 2.39. The minimum Gasteiger partial charge on any atom is -0.491 e. The minimum atomic E-state index is 0.682. The summed E-state index contributed by atoms with van der Waals surface area (Å²) >= 11 is 5.49. The summed E-state index contributed by atoms with van der Waals surface area (Å²) in [6, 6.07) is 14.4. The number of aromatic nitrogens is 2. The number of H-pyrrole nitrogens is 1. The van der Waals surface area contributed by atoms with Crippen molar-refractivity contribution in [2.75, 3.05) is 6.61 Å². The van der Waals surface area contributed by atoms with Crippen molar-refractivity contribution in [1.29, 1.82) is 0 Å². The number of aromatic amines is 1. The van der Waals surface area contributed by atoms with Crippen molar-refractivity contribution < 1.29 is 4.74 Å². The number of nitrogens with one attached hydrogen (secondary N) is 1. The van der Waals surface area contributed by atoms with Crippen molar-refractivity contribution in [2.45, 2.75) is 20.3 Å². The van der Waals surface area contributed by atoms with Gasteiger partial charge in [0.25, 0.3) is 0 Å². The smallest absolute Gasteiger partial charge is 0.182 e. The van der Waals surface area contributed by atoms with Gasteiger partial charge in [-0.3, -0.25) is 4.57 Å². The minimum absolute atomic E-state index is 0.682. The zero-order valence-electron chi connectivity index (χ0n) is 12.2. The average molecular weight is 298 g/mol. The highest BCUT2D eigenvalue weighted by molar-refractivity contribution is 7.71. The molecule has 0 aliphatic rings. The van der Waals surface area contributed by atoms with Gasteiger partial charge in [-0.2, -0.15) is 0 Å². The molecule has 108 valence electrons. The molecular formula is C17H18N2OS. The maximum Gasteiger partial charge on any atom is 0.182 e. The van der Waals surface area contributed by atoms with Gasteiger partial charge in [0.1, 0.15) is 11.3 Å². The molecule has 2 aromatic carbocycles. The fourth-order valence-corrected chi connectivity index (χ4v) is 2.69. The number of aryl methyl sites for hydroxylation is 1. The van der Waals surface area contributed by atoms with Gasteiger partial charge in [-0.05, 0) is 49.8 Å². The van der Waals surface area contributed by atoms with Gasteiger partial charge < -0.3 is 9.72 Å². The summed E-state index contributed by atoms with van der Waals surface area (Å²) in [5, 5.41) is 0. The molecule has 0 fully saturated rings. The molecule has 0 saturated carbocycles. The van der Waals surface area contributed by atoms with Crippen molar-refractivity contribution in [2.24, 2.45) is 0 Å². The molecule has 3 nitrogen and oxygen atoms in total. The Morgan fingerprint density at radius 1 is 1.14 bits per heavy atom. The van der Waals surface area contributed by atoms with Crippen LogP contribution in [0.3, 0.4) is 0 Å². The van der Waals surface area contributed by atoms with E-state index in [1.807, 2.05) is 16.7 Å². The number of benzene rings is 2. The molecule has 21 heavy (non-hydrogen) atoms. The maximum absolute atomic E-state index is 5.80. The van der Waals surface area contributed by atoms with Crippen LogP contribution in [0.4, 0.5) is 0 Å². The molecule has 0 bridgehead atoms. The Balaban J connectivity index is 2.18. The van der Waals surface area contributed by atoms with Gasteiger partial charge in [0.2, 0.25) is 0 Å². The highest BCUT2D eigenvalue weighted by Gasteiger charge is 2.10. The first-order valence-corrected chi connectivity index (χ1v) is 7.55. The Kier molecular flexibility index (Phi) is 3.80. The number of nitrogens with zero attached hydrogens (tertiary/aromatic N) is 1. The van der Waals surface area contributed by atoms with E-state index in [2.05, 4.69) is 49.2 Å². The predicted molar refractivity (Wildman–Crippen MR) is 89.0 cm³/mol. The molecule has 3 aromatic rings. The van der Waals surface area contributed by atoms with E-state index in [0.717, 1.165) is 28.9 Å². The first-order valence-electron chi connectivity index (χ1n) is 7.14. The number of ether oxygens (including phenoxy) is 1. The van der Waals surface area contributed by atoms with E-state index in [9.17, 15) is 0 Å². The standard InChI is InChI=1S/C17H18N2OS/c1-3-11-20-15-6-4-5-14-16(15)18-17(21)19(14)13-9-7-12(2)8-10-13/h4-10H,3,11H2,1-2H3,(H,18,21). The molecule has 1 heterocycles. The lowest BCUT2D eigenvalue weighted by Gasteiger charge is -2.07. The van der Waals surface area contributed by atoms with Crippen molar-refractivity contribution in [1.82, 2.24) is 9.55 Å². The number of hydrogen-bond donors (Lipinski definition) is 1. The van der Waals surface area contributed by atoms with E-state index in [-0.39, 0.29) is 0 Å². The number of fused-ring (bicyclic) bond motifs is 1. The van der Waals surface area contributed by atoms with Gasteiger partial charge in [-0.1, -0.05) is 30.7 Å². The summed E-state index contributed by atoms with van der Waals surface area (Å²) in [7, 11) is 0. The third-order valence-corrected chi connectivity index (χ3v) is 3.72.